The van der Waals surface area contributed by atoms with Crippen molar-refractivity contribution in [1.29, 1.82) is 0 Å². The van der Waals surface area contributed by atoms with E-state index in [4.69, 9.17) is 5.73 Å². The van der Waals surface area contributed by atoms with Crippen LogP contribution in [0.15, 0.2) is 0 Å². The quantitative estimate of drug-likeness (QED) is 0.0452. The van der Waals surface area contributed by atoms with Crippen molar-refractivity contribution in [3.8, 4) is 0 Å². The molecule has 0 heterocycles. The summed E-state index contributed by atoms with van der Waals surface area (Å²) in [5.41, 5.74) is 6.02. The highest BCUT2D eigenvalue weighted by Crippen LogP contribution is 2.12. The Hall–Kier alpha value is -4.50. The smallest absolute Gasteiger partial charge is 0.326 e. The van der Waals surface area contributed by atoms with E-state index in [1.165, 1.54) is 25.6 Å². The number of hydrogen-bond donors (Lipinski definition) is 11. The van der Waals surface area contributed by atoms with Gasteiger partial charge in [-0.1, -0.05) is 69.2 Å². The fourth-order valence-electron chi connectivity index (χ4n) is 6.17. The van der Waals surface area contributed by atoms with Gasteiger partial charge < -0.3 is 58.5 Å². The van der Waals surface area contributed by atoms with Gasteiger partial charge >= 0.3 is 5.97 Å². The van der Waals surface area contributed by atoms with Gasteiger partial charge in [0.25, 0.3) is 0 Å². The lowest BCUT2D eigenvalue weighted by atomic mass is 9.98. The van der Waals surface area contributed by atoms with Crippen LogP contribution in [0.25, 0.3) is 0 Å². The fraction of sp³-hybridized carbons (Fsp3) is 0.786. The molecule has 8 amide bonds. The molecule has 0 aliphatic heterocycles. The first-order valence-electron chi connectivity index (χ1n) is 21.7. The molecule has 0 spiro atoms. The van der Waals surface area contributed by atoms with E-state index in [0.717, 1.165) is 0 Å². The molecule has 0 rings (SSSR count). The first kappa shape index (κ1) is 58.5. The van der Waals surface area contributed by atoms with E-state index >= 15 is 0 Å². The van der Waals surface area contributed by atoms with E-state index in [2.05, 4.69) is 42.5 Å². The van der Waals surface area contributed by atoms with Crippen LogP contribution >= 0.6 is 11.8 Å². The van der Waals surface area contributed by atoms with Crippen LogP contribution in [-0.2, 0) is 43.2 Å². The number of amides is 8. The number of aliphatic hydroxyl groups excluding tert-OH is 1. The Balaban J connectivity index is 5.89. The Morgan fingerprint density at radius 3 is 1.25 bits per heavy atom. The maximum atomic E-state index is 13.8. The van der Waals surface area contributed by atoms with E-state index in [0.29, 0.717) is 12.2 Å². The number of aliphatic carboxylic acids is 1. The van der Waals surface area contributed by atoms with Gasteiger partial charge in [-0.25, -0.2) is 4.79 Å². The summed E-state index contributed by atoms with van der Waals surface area (Å²) in [5.74, 6) is -7.51. The predicted octanol–water partition coefficient (Wildman–Crippen LogP) is -0.488. The molecule has 20 nitrogen and oxygen atoms in total. The summed E-state index contributed by atoms with van der Waals surface area (Å²) in [4.78, 5) is 118. The third kappa shape index (κ3) is 22.1. The molecule has 0 fully saturated rings. The van der Waals surface area contributed by atoms with Gasteiger partial charge in [0.1, 0.15) is 48.3 Å². The van der Waals surface area contributed by atoms with Crippen LogP contribution in [0, 0.1) is 29.6 Å². The van der Waals surface area contributed by atoms with Crippen molar-refractivity contribution in [1.82, 2.24) is 42.5 Å². The highest BCUT2D eigenvalue weighted by molar-refractivity contribution is 7.98. The molecule has 21 heteroatoms. The van der Waals surface area contributed by atoms with Crippen molar-refractivity contribution in [2.75, 3.05) is 18.6 Å². The van der Waals surface area contributed by atoms with E-state index < -0.39 is 126 Å². The average Bonchev–Trinajstić information content (AvgIpc) is 3.17. The summed E-state index contributed by atoms with van der Waals surface area (Å²) in [7, 11) is 0. The first-order chi connectivity index (χ1) is 29.2. The van der Waals surface area contributed by atoms with E-state index in [-0.39, 0.29) is 37.0 Å². The van der Waals surface area contributed by atoms with Crippen molar-refractivity contribution < 1.29 is 53.4 Å². The zero-order valence-corrected chi connectivity index (χ0v) is 40.2. The van der Waals surface area contributed by atoms with Crippen molar-refractivity contribution in [3.05, 3.63) is 0 Å². The molecule has 9 atom stereocenters. The standard InChI is InChI=1S/C42H77N9O11S/c1-20(2)16-27(43)36(55)46-28(14-15-63-13)37(56)44-26(12)35(54)50-33(24(9)10)41(60)51-32(23(7)8)40(59)47-29(17-21(3)4)38(57)45-25(11)34(53)49-31(19-52)39(58)48-30(42(61)62)18-22(5)6/h20-33,52H,14-19,43H2,1-13H3,(H,44,56)(H,45,57)(H,46,55)(H,47,59)(H,48,58)(H,49,53)(H,50,54)(H,51,60)(H,61,62)/t25-,26-,27-,28-,29-,30-,31-,32-,33-/m0/s1. The predicted molar refractivity (Wildman–Crippen MR) is 241 cm³/mol. The van der Waals surface area contributed by atoms with Gasteiger partial charge in [-0.2, -0.15) is 11.8 Å². The Kier molecular flexibility index (Phi) is 27.0. The molecule has 63 heavy (non-hydrogen) atoms. The molecule has 0 aliphatic carbocycles. The topological polar surface area (TPSA) is 316 Å². The summed E-state index contributed by atoms with van der Waals surface area (Å²) in [6.07, 6.45) is 2.79. The van der Waals surface area contributed by atoms with Crippen LogP contribution in [0.2, 0.25) is 0 Å². The van der Waals surface area contributed by atoms with Crippen LogP contribution in [0.1, 0.15) is 109 Å². The SMILES string of the molecule is CSCC[C@H](NC(=O)[C@@H](N)CC(C)C)C(=O)N[C@@H](C)C(=O)N[C@H](C(=O)N[C@H](C(=O)N[C@@H](CC(C)C)C(=O)N[C@@H](C)C(=O)N[C@@H](CO)C(=O)N[C@@H](CC(C)C)C(=O)O)C(C)C)C(C)C. The minimum atomic E-state index is -1.52. The minimum Gasteiger partial charge on any atom is -0.480 e. The Labute approximate surface area is 377 Å². The molecule has 0 aliphatic rings. The van der Waals surface area contributed by atoms with Gasteiger partial charge in [0.2, 0.25) is 47.3 Å². The van der Waals surface area contributed by atoms with E-state index in [1.54, 1.807) is 41.5 Å². The molecule has 0 radical (unpaired) electrons. The summed E-state index contributed by atoms with van der Waals surface area (Å²) in [6, 6.07) is -10.5. The van der Waals surface area contributed by atoms with Crippen molar-refractivity contribution in [2.24, 2.45) is 35.3 Å². The zero-order chi connectivity index (χ0) is 48.9. The summed E-state index contributed by atoms with van der Waals surface area (Å²) in [5, 5.41) is 39.7. The first-order valence-corrected chi connectivity index (χ1v) is 23.1. The number of carboxylic acid groups (broad SMARTS) is 1. The number of nitrogens with two attached hydrogens (primary N) is 1. The van der Waals surface area contributed by atoms with Crippen molar-refractivity contribution >= 4 is 65.0 Å². The van der Waals surface area contributed by atoms with Crippen molar-refractivity contribution in [2.45, 2.75) is 163 Å². The largest absolute Gasteiger partial charge is 0.480 e. The number of thioether (sulfide) groups is 1. The number of nitrogens with one attached hydrogen (secondary N) is 8. The molecule has 0 aromatic heterocycles. The second-order valence-corrected chi connectivity index (χ2v) is 18.9. The molecular formula is C42H77N9O11S. The number of hydrogen-bond acceptors (Lipinski definition) is 12. The second-order valence-electron chi connectivity index (χ2n) is 18.0. The van der Waals surface area contributed by atoms with Crippen LogP contribution in [-0.4, -0.2) is 136 Å². The molecule has 0 unspecified atom stereocenters. The summed E-state index contributed by atoms with van der Waals surface area (Å²) >= 11 is 1.48. The maximum Gasteiger partial charge on any atom is 0.326 e. The number of carbonyl (C=O) groups excluding carboxylic acids is 8. The van der Waals surface area contributed by atoms with Gasteiger partial charge in [0.05, 0.1) is 12.6 Å². The molecule has 0 saturated carbocycles. The Bertz CT molecular complexity index is 1550. The number of carbonyl (C=O) groups is 9. The fourth-order valence-corrected chi connectivity index (χ4v) is 6.64. The van der Waals surface area contributed by atoms with E-state index in [9.17, 15) is 53.4 Å². The van der Waals surface area contributed by atoms with Crippen LogP contribution < -0.4 is 48.3 Å². The highest BCUT2D eigenvalue weighted by atomic mass is 32.2. The molecule has 0 aromatic rings. The van der Waals surface area contributed by atoms with Gasteiger partial charge in [-0.3, -0.25) is 38.4 Å². The lowest BCUT2D eigenvalue weighted by Crippen LogP contribution is -2.61. The molecule has 0 bridgehead atoms. The average molecular weight is 916 g/mol. The van der Waals surface area contributed by atoms with Gasteiger partial charge in [0, 0.05) is 0 Å². The van der Waals surface area contributed by atoms with Gasteiger partial charge in [-0.05, 0) is 81.1 Å². The van der Waals surface area contributed by atoms with Crippen LogP contribution in [0.5, 0.6) is 0 Å². The summed E-state index contributed by atoms with van der Waals surface area (Å²) < 4.78 is 0. The lowest BCUT2D eigenvalue weighted by molar-refractivity contribution is -0.143. The van der Waals surface area contributed by atoms with Gasteiger partial charge in [0.15, 0.2) is 0 Å². The zero-order valence-electron chi connectivity index (χ0n) is 39.4. The van der Waals surface area contributed by atoms with E-state index in [1.807, 2.05) is 34.0 Å². The van der Waals surface area contributed by atoms with Crippen LogP contribution in [0.3, 0.4) is 0 Å². The summed E-state index contributed by atoms with van der Waals surface area (Å²) in [6.45, 7) is 19.6. The Morgan fingerprint density at radius 1 is 0.460 bits per heavy atom. The van der Waals surface area contributed by atoms with Crippen LogP contribution in [0.4, 0.5) is 0 Å². The number of carboxylic acids is 1. The second kappa shape index (κ2) is 29.0. The molecule has 12 N–H and O–H groups in total. The number of rotatable bonds is 29. The third-order valence-electron chi connectivity index (χ3n) is 9.78. The molecule has 0 aromatic carbocycles. The Morgan fingerprint density at radius 2 is 0.825 bits per heavy atom. The highest BCUT2D eigenvalue weighted by Gasteiger charge is 2.35. The molecular weight excluding hydrogens is 839 g/mol. The minimum absolute atomic E-state index is 0.0755. The van der Waals surface area contributed by atoms with Gasteiger partial charge in [-0.15, -0.1) is 0 Å². The van der Waals surface area contributed by atoms with Crippen molar-refractivity contribution in [3.63, 3.8) is 0 Å². The maximum absolute atomic E-state index is 13.8. The number of aliphatic hydroxyl groups is 1. The normalized spacial score (nSPS) is 15.8. The third-order valence-corrected chi connectivity index (χ3v) is 10.4. The molecule has 0 saturated heterocycles. The molecule has 362 valence electrons. The monoisotopic (exact) mass is 916 g/mol. The lowest BCUT2D eigenvalue weighted by Gasteiger charge is -2.30.